The number of halogens is 4. The van der Waals surface area contributed by atoms with E-state index >= 15 is 0 Å². The van der Waals surface area contributed by atoms with Crippen LogP contribution >= 0.6 is 0 Å². The van der Waals surface area contributed by atoms with Crippen molar-refractivity contribution in [3.8, 4) is 0 Å². The van der Waals surface area contributed by atoms with Crippen molar-refractivity contribution >= 4 is 22.1 Å². The van der Waals surface area contributed by atoms with Gasteiger partial charge in [-0.1, -0.05) is 141 Å². The normalized spacial score (nSPS) is 10.3. The summed E-state index contributed by atoms with van der Waals surface area (Å²) >= 11 is 0. The van der Waals surface area contributed by atoms with E-state index in [-0.39, 0.29) is 85.1 Å². The first-order chi connectivity index (χ1) is 20.1. The SMILES string of the molecule is C.C.C.C.C.C.C.C.CCC(F)CC(CC(C)c1ccccc1)c1ccccc1.CCF.CCN(CC(=O)O)CC(=O)O.CS(=O)(=O)O.FCF. The minimum atomic E-state index is -3.67. The molecule has 2 aromatic carbocycles. The van der Waals surface area contributed by atoms with Crippen LogP contribution in [0.25, 0.3) is 0 Å². The van der Waals surface area contributed by atoms with Crippen molar-refractivity contribution in [3.63, 3.8) is 0 Å². The van der Waals surface area contributed by atoms with E-state index in [2.05, 4.69) is 55.5 Å². The Morgan fingerprint density at radius 3 is 1.25 bits per heavy atom. The van der Waals surface area contributed by atoms with Crippen LogP contribution in [0, 0.1) is 0 Å². The fraction of sp³-hybridized carbons (Fsp3) is 0.632. The molecule has 13 heteroatoms. The zero-order chi connectivity index (χ0) is 33.8. The minimum absolute atomic E-state index is 0. The fourth-order valence-electron chi connectivity index (χ4n) is 3.58. The van der Waals surface area contributed by atoms with Crippen LogP contribution < -0.4 is 0 Å². The Hall–Kier alpha value is -3.03. The molecule has 3 N–H and O–H groups in total. The lowest BCUT2D eigenvalue weighted by Crippen LogP contribution is -2.34. The summed E-state index contributed by atoms with van der Waals surface area (Å²) in [6, 6.07) is 20.9. The second-order valence-electron chi connectivity index (χ2n) is 9.09. The highest BCUT2D eigenvalue weighted by atomic mass is 32.2. The number of nitrogens with zero attached hydrogens (tertiary/aromatic N) is 1. The molecule has 0 saturated carbocycles. The molecule has 0 aliphatic rings. The number of alkyl halides is 4. The Balaban J connectivity index is -0.0000000513. The van der Waals surface area contributed by atoms with Gasteiger partial charge >= 0.3 is 11.9 Å². The third-order valence-electron chi connectivity index (χ3n) is 5.43. The van der Waals surface area contributed by atoms with E-state index in [0.29, 0.717) is 31.6 Å². The van der Waals surface area contributed by atoms with Gasteiger partial charge in [-0.05, 0) is 55.7 Å². The van der Waals surface area contributed by atoms with Crippen molar-refractivity contribution < 1.29 is 50.3 Å². The van der Waals surface area contributed by atoms with Crippen LogP contribution in [0.5, 0.6) is 0 Å². The first-order valence-corrected chi connectivity index (χ1v) is 15.4. The van der Waals surface area contributed by atoms with Gasteiger partial charge in [-0.3, -0.25) is 23.4 Å². The molecular formula is C38H79F4NO7S. The van der Waals surface area contributed by atoms with Gasteiger partial charge in [0.2, 0.25) is 6.93 Å². The summed E-state index contributed by atoms with van der Waals surface area (Å²) in [4.78, 5) is 21.6. The molecule has 0 spiro atoms. The Kier molecular flexibility index (Phi) is 74.5. The van der Waals surface area contributed by atoms with Crippen LogP contribution in [0.4, 0.5) is 17.6 Å². The van der Waals surface area contributed by atoms with Crippen molar-refractivity contribution in [1.82, 2.24) is 4.90 Å². The van der Waals surface area contributed by atoms with Gasteiger partial charge < -0.3 is 10.2 Å². The molecule has 0 saturated heterocycles. The zero-order valence-corrected chi connectivity index (χ0v) is 26.3. The number of benzene rings is 2. The quantitative estimate of drug-likeness (QED) is 0.144. The van der Waals surface area contributed by atoms with Gasteiger partial charge in [-0.2, -0.15) is 8.42 Å². The van der Waals surface area contributed by atoms with Gasteiger partial charge in [0.25, 0.3) is 10.1 Å². The number of likely N-dealkylation sites (N-methyl/N-ethyl adjacent to an activating group) is 1. The standard InChI is InChI=1S/C20H25F.C6H11NO4.C2H5F.CH2F2.CH4O3S.8CH4/c1-3-20(21)15-19(18-12-8-5-9-13-18)14-16(2)17-10-6-4-7-11-17;1-2-7(3-5(8)9)4-6(10)11;1-2-3;2-1-3;1-5(2,3)4;;;;;;;;/h4-13,16,19-20H,3,14-15H2,1-2H3;2-4H2,1H3,(H,8,9)(H,10,11);2H2,1H3;1H2;1H3,(H,2,3,4);8*1H4. The average molecular weight is 770 g/mol. The van der Waals surface area contributed by atoms with Gasteiger partial charge in [-0.25, -0.2) is 13.2 Å². The first kappa shape index (κ1) is 77.4. The maximum atomic E-state index is 13.9. The lowest BCUT2D eigenvalue weighted by molar-refractivity contribution is -0.141. The summed E-state index contributed by atoms with van der Waals surface area (Å²) in [6.45, 7) is 5.33. The molecule has 0 heterocycles. The third-order valence-corrected chi connectivity index (χ3v) is 5.43. The molecule has 0 aromatic heterocycles. The molecule has 3 atom stereocenters. The van der Waals surface area contributed by atoms with Crippen LogP contribution in [-0.4, -0.2) is 85.7 Å². The largest absolute Gasteiger partial charge is 0.480 e. The van der Waals surface area contributed by atoms with Crippen molar-refractivity contribution in [3.05, 3.63) is 71.8 Å². The molecule has 0 aliphatic heterocycles. The van der Waals surface area contributed by atoms with Gasteiger partial charge in [0.05, 0.1) is 26.0 Å². The molecule has 3 unspecified atom stereocenters. The summed E-state index contributed by atoms with van der Waals surface area (Å²) in [5, 5.41) is 16.6. The lowest BCUT2D eigenvalue weighted by Gasteiger charge is -2.23. The maximum absolute atomic E-state index is 13.9. The molecule has 312 valence electrons. The molecule has 8 nitrogen and oxygen atoms in total. The van der Waals surface area contributed by atoms with Crippen LogP contribution in [0.1, 0.15) is 129 Å². The number of aliphatic carboxylic acids is 2. The van der Waals surface area contributed by atoms with Gasteiger partial charge in [0.15, 0.2) is 0 Å². The summed E-state index contributed by atoms with van der Waals surface area (Å²) in [7, 11) is -3.67. The molecule has 0 aliphatic carbocycles. The van der Waals surface area contributed by atoms with Crippen molar-refractivity contribution in [2.24, 2.45) is 0 Å². The van der Waals surface area contributed by atoms with Crippen LogP contribution in [0.2, 0.25) is 0 Å². The smallest absolute Gasteiger partial charge is 0.317 e. The average Bonchev–Trinajstić information content (AvgIpc) is 2.93. The molecular weight excluding hydrogens is 690 g/mol. The fourth-order valence-corrected chi connectivity index (χ4v) is 3.58. The number of carbonyl (C=O) groups is 2. The van der Waals surface area contributed by atoms with E-state index < -0.39 is 35.2 Å². The Labute approximate surface area is 312 Å². The molecule has 0 radical (unpaired) electrons. The zero-order valence-electron chi connectivity index (χ0n) is 25.5. The number of carboxylic acid groups (broad SMARTS) is 2. The highest BCUT2D eigenvalue weighted by Crippen LogP contribution is 2.33. The van der Waals surface area contributed by atoms with E-state index in [9.17, 15) is 35.6 Å². The predicted molar refractivity (Wildman–Crippen MR) is 216 cm³/mol. The molecule has 0 fully saturated rings. The summed E-state index contributed by atoms with van der Waals surface area (Å²) in [5.41, 5.74) is 2.60. The summed E-state index contributed by atoms with van der Waals surface area (Å²) < 4.78 is 69.3. The molecule has 0 bridgehead atoms. The highest BCUT2D eigenvalue weighted by Gasteiger charge is 2.20. The van der Waals surface area contributed by atoms with Crippen LogP contribution in [0.15, 0.2) is 60.7 Å². The first-order valence-electron chi connectivity index (χ1n) is 13.6. The predicted octanol–water partition coefficient (Wildman–Crippen LogP) is 12.0. The Bertz CT molecular complexity index is 1030. The van der Waals surface area contributed by atoms with E-state index in [4.69, 9.17) is 14.8 Å². The van der Waals surface area contributed by atoms with Crippen molar-refractivity contribution in [2.45, 2.75) is 124 Å². The van der Waals surface area contributed by atoms with E-state index in [1.54, 1.807) is 6.92 Å². The third kappa shape index (κ3) is 56.6. The minimum Gasteiger partial charge on any atom is -0.480 e. The topological polar surface area (TPSA) is 132 Å². The van der Waals surface area contributed by atoms with Crippen molar-refractivity contribution in [1.29, 1.82) is 0 Å². The number of carboxylic acids is 2. The highest BCUT2D eigenvalue weighted by molar-refractivity contribution is 7.85. The van der Waals surface area contributed by atoms with E-state index in [1.807, 2.05) is 19.1 Å². The lowest BCUT2D eigenvalue weighted by atomic mass is 9.83. The van der Waals surface area contributed by atoms with Crippen LogP contribution in [-0.2, 0) is 19.7 Å². The number of hydrogen-bond donors (Lipinski definition) is 3. The summed E-state index contributed by atoms with van der Waals surface area (Å²) in [5.74, 6) is -1.28. The Morgan fingerprint density at radius 2 is 1.00 bits per heavy atom. The van der Waals surface area contributed by atoms with Crippen molar-refractivity contribution in [2.75, 3.05) is 39.5 Å². The number of hydrogen-bond acceptors (Lipinski definition) is 5. The molecule has 51 heavy (non-hydrogen) atoms. The van der Waals surface area contributed by atoms with Gasteiger partial charge in [0.1, 0.15) is 6.17 Å². The second kappa shape index (κ2) is 49.1. The molecule has 2 aromatic rings. The van der Waals surface area contributed by atoms with Gasteiger partial charge in [0, 0.05) is 0 Å². The second-order valence-corrected chi connectivity index (χ2v) is 10.6. The monoisotopic (exact) mass is 770 g/mol. The number of rotatable bonds is 12. The van der Waals surface area contributed by atoms with E-state index in [0.717, 1.165) is 6.42 Å². The molecule has 2 rings (SSSR count). The maximum Gasteiger partial charge on any atom is 0.317 e. The van der Waals surface area contributed by atoms with E-state index in [1.165, 1.54) is 23.0 Å². The van der Waals surface area contributed by atoms with Crippen LogP contribution in [0.3, 0.4) is 0 Å². The molecule has 0 amide bonds. The summed E-state index contributed by atoms with van der Waals surface area (Å²) in [6.07, 6.45) is 2.22. The van der Waals surface area contributed by atoms with Gasteiger partial charge in [-0.15, -0.1) is 0 Å². The Morgan fingerprint density at radius 1 is 0.706 bits per heavy atom.